The summed E-state index contributed by atoms with van der Waals surface area (Å²) >= 11 is 0. The molecule has 1 fully saturated rings. The second-order valence-electron chi connectivity index (χ2n) is 4.45. The molecule has 1 unspecified atom stereocenters. The maximum Gasteiger partial charge on any atom is 0.303 e. The Morgan fingerprint density at radius 3 is 2.81 bits per heavy atom. The van der Waals surface area contributed by atoms with E-state index < -0.39 is 5.97 Å². The van der Waals surface area contributed by atoms with Gasteiger partial charge in [-0.3, -0.25) is 9.59 Å². The first-order valence-electron chi connectivity index (χ1n) is 5.82. The third-order valence-corrected chi connectivity index (χ3v) is 2.77. The van der Waals surface area contributed by atoms with Crippen LogP contribution in [0.5, 0.6) is 0 Å². The van der Waals surface area contributed by atoms with Gasteiger partial charge in [-0.15, -0.1) is 0 Å². The number of carboxylic acids is 1. The van der Waals surface area contributed by atoms with Crippen LogP contribution in [-0.2, 0) is 9.59 Å². The number of nitrogens with one attached hydrogen (secondary N) is 2. The Hall–Kier alpha value is -1.10. The van der Waals surface area contributed by atoms with E-state index in [0.29, 0.717) is 6.54 Å². The third-order valence-electron chi connectivity index (χ3n) is 2.77. The lowest BCUT2D eigenvalue weighted by molar-refractivity contribution is -0.138. The number of carboxylic acid groups (broad SMARTS) is 1. The first kappa shape index (κ1) is 13.0. The zero-order chi connectivity index (χ0) is 12.0. The maximum absolute atomic E-state index is 11.7. The van der Waals surface area contributed by atoms with Gasteiger partial charge in [0.2, 0.25) is 5.91 Å². The SMILES string of the molecule is CC(CNC(=O)[C@H]1CCCCN1)CC(=O)O. The Morgan fingerprint density at radius 2 is 2.25 bits per heavy atom. The van der Waals surface area contributed by atoms with Gasteiger partial charge in [-0.25, -0.2) is 0 Å². The molecule has 1 saturated heterocycles. The Labute approximate surface area is 95.6 Å². The second-order valence-corrected chi connectivity index (χ2v) is 4.45. The minimum absolute atomic E-state index is 0.00283. The fraction of sp³-hybridized carbons (Fsp3) is 0.818. The molecule has 0 aliphatic carbocycles. The number of rotatable bonds is 5. The molecular weight excluding hydrogens is 208 g/mol. The molecule has 1 aliphatic heterocycles. The van der Waals surface area contributed by atoms with Gasteiger partial charge in [0.05, 0.1) is 6.04 Å². The summed E-state index contributed by atoms with van der Waals surface area (Å²) in [5.74, 6) is -0.848. The molecule has 5 heteroatoms. The fourth-order valence-corrected chi connectivity index (χ4v) is 1.84. The largest absolute Gasteiger partial charge is 0.481 e. The number of aliphatic carboxylic acids is 1. The molecule has 1 heterocycles. The Kier molecular flexibility index (Phi) is 5.25. The lowest BCUT2D eigenvalue weighted by atomic mass is 10.0. The topological polar surface area (TPSA) is 78.4 Å². The van der Waals surface area contributed by atoms with Crippen molar-refractivity contribution in [2.45, 2.75) is 38.6 Å². The molecule has 92 valence electrons. The highest BCUT2D eigenvalue weighted by molar-refractivity contribution is 5.81. The molecule has 0 aromatic rings. The zero-order valence-electron chi connectivity index (χ0n) is 9.66. The van der Waals surface area contributed by atoms with E-state index in [-0.39, 0.29) is 24.3 Å². The standard InChI is InChI=1S/C11H20N2O3/c1-8(6-10(14)15)7-13-11(16)9-4-2-3-5-12-9/h8-9,12H,2-7H2,1H3,(H,13,16)(H,14,15)/t8?,9-/m1/s1. The van der Waals surface area contributed by atoms with Crippen LogP contribution in [0.2, 0.25) is 0 Å². The van der Waals surface area contributed by atoms with Crippen LogP contribution in [0.25, 0.3) is 0 Å². The first-order chi connectivity index (χ1) is 7.59. The van der Waals surface area contributed by atoms with E-state index in [1.807, 2.05) is 6.92 Å². The monoisotopic (exact) mass is 228 g/mol. The average molecular weight is 228 g/mol. The number of amides is 1. The molecule has 0 bridgehead atoms. The van der Waals surface area contributed by atoms with Gasteiger partial charge in [-0.05, 0) is 25.3 Å². The van der Waals surface area contributed by atoms with Crippen LogP contribution in [0, 0.1) is 5.92 Å². The molecule has 0 radical (unpaired) electrons. The van der Waals surface area contributed by atoms with E-state index in [0.717, 1.165) is 25.8 Å². The van der Waals surface area contributed by atoms with Gasteiger partial charge >= 0.3 is 5.97 Å². The highest BCUT2D eigenvalue weighted by atomic mass is 16.4. The molecule has 0 aromatic heterocycles. The van der Waals surface area contributed by atoms with E-state index in [1.165, 1.54) is 0 Å². The van der Waals surface area contributed by atoms with Crippen LogP contribution in [0.3, 0.4) is 0 Å². The van der Waals surface area contributed by atoms with Crippen LogP contribution in [0.15, 0.2) is 0 Å². The van der Waals surface area contributed by atoms with Gasteiger partial charge in [-0.2, -0.15) is 0 Å². The maximum atomic E-state index is 11.7. The number of carbonyl (C=O) groups excluding carboxylic acids is 1. The summed E-state index contributed by atoms with van der Waals surface area (Å²) in [5.41, 5.74) is 0. The van der Waals surface area contributed by atoms with Gasteiger partial charge < -0.3 is 15.7 Å². The van der Waals surface area contributed by atoms with Crippen molar-refractivity contribution in [1.29, 1.82) is 0 Å². The molecular formula is C11H20N2O3. The minimum Gasteiger partial charge on any atom is -0.481 e. The summed E-state index contributed by atoms with van der Waals surface area (Å²) < 4.78 is 0. The van der Waals surface area contributed by atoms with Crippen molar-refractivity contribution in [1.82, 2.24) is 10.6 Å². The lowest BCUT2D eigenvalue weighted by Crippen LogP contribution is -2.47. The molecule has 3 N–H and O–H groups in total. The highest BCUT2D eigenvalue weighted by Crippen LogP contribution is 2.07. The van der Waals surface area contributed by atoms with Gasteiger partial charge in [0.25, 0.3) is 0 Å². The normalized spacial score (nSPS) is 22.4. The van der Waals surface area contributed by atoms with E-state index >= 15 is 0 Å². The summed E-state index contributed by atoms with van der Waals surface area (Å²) in [6, 6.07) is -0.0919. The van der Waals surface area contributed by atoms with E-state index in [2.05, 4.69) is 10.6 Å². The second kappa shape index (κ2) is 6.48. The van der Waals surface area contributed by atoms with Crippen molar-refractivity contribution < 1.29 is 14.7 Å². The molecule has 16 heavy (non-hydrogen) atoms. The van der Waals surface area contributed by atoms with E-state index in [1.54, 1.807) is 0 Å². The van der Waals surface area contributed by atoms with Crippen LogP contribution >= 0.6 is 0 Å². The van der Waals surface area contributed by atoms with Crippen molar-refractivity contribution in [2.75, 3.05) is 13.1 Å². The van der Waals surface area contributed by atoms with Gasteiger partial charge in [0.15, 0.2) is 0 Å². The van der Waals surface area contributed by atoms with Crippen LogP contribution in [0.1, 0.15) is 32.6 Å². The number of carbonyl (C=O) groups is 2. The average Bonchev–Trinajstić information content (AvgIpc) is 2.26. The lowest BCUT2D eigenvalue weighted by Gasteiger charge is -2.23. The molecule has 0 saturated carbocycles. The molecule has 0 spiro atoms. The zero-order valence-corrected chi connectivity index (χ0v) is 9.66. The fourth-order valence-electron chi connectivity index (χ4n) is 1.84. The summed E-state index contributed by atoms with van der Waals surface area (Å²) in [6.07, 6.45) is 3.17. The van der Waals surface area contributed by atoms with Crippen LogP contribution < -0.4 is 10.6 Å². The molecule has 5 nitrogen and oxygen atoms in total. The van der Waals surface area contributed by atoms with E-state index in [9.17, 15) is 9.59 Å². The van der Waals surface area contributed by atoms with Crippen molar-refractivity contribution in [2.24, 2.45) is 5.92 Å². The number of piperidine rings is 1. The van der Waals surface area contributed by atoms with E-state index in [4.69, 9.17) is 5.11 Å². The highest BCUT2D eigenvalue weighted by Gasteiger charge is 2.20. The molecule has 1 aliphatic rings. The quantitative estimate of drug-likeness (QED) is 0.634. The molecule has 0 aromatic carbocycles. The van der Waals surface area contributed by atoms with Gasteiger partial charge in [-0.1, -0.05) is 13.3 Å². The van der Waals surface area contributed by atoms with Crippen molar-refractivity contribution in [3.05, 3.63) is 0 Å². The number of hydrogen-bond acceptors (Lipinski definition) is 3. The Bertz CT molecular complexity index is 250. The predicted octanol–water partition coefficient (Wildman–Crippen LogP) is 0.356. The summed E-state index contributed by atoms with van der Waals surface area (Å²) in [7, 11) is 0. The van der Waals surface area contributed by atoms with Crippen LogP contribution in [0.4, 0.5) is 0 Å². The molecule has 1 rings (SSSR count). The summed E-state index contributed by atoms with van der Waals surface area (Å²) in [5, 5.41) is 14.5. The Balaban J connectivity index is 2.20. The number of hydrogen-bond donors (Lipinski definition) is 3. The summed E-state index contributed by atoms with van der Waals surface area (Å²) in [6.45, 7) is 3.15. The first-order valence-corrected chi connectivity index (χ1v) is 5.82. The summed E-state index contributed by atoms with van der Waals surface area (Å²) in [4.78, 5) is 22.1. The van der Waals surface area contributed by atoms with Crippen molar-refractivity contribution >= 4 is 11.9 Å². The van der Waals surface area contributed by atoms with Crippen molar-refractivity contribution in [3.63, 3.8) is 0 Å². The van der Waals surface area contributed by atoms with Crippen molar-refractivity contribution in [3.8, 4) is 0 Å². The molecule has 2 atom stereocenters. The Morgan fingerprint density at radius 1 is 1.50 bits per heavy atom. The van der Waals surface area contributed by atoms with Gasteiger partial charge in [0, 0.05) is 13.0 Å². The third kappa shape index (κ3) is 4.61. The van der Waals surface area contributed by atoms with Crippen LogP contribution in [-0.4, -0.2) is 36.1 Å². The predicted molar refractivity (Wildman–Crippen MR) is 60.1 cm³/mol. The smallest absolute Gasteiger partial charge is 0.303 e. The van der Waals surface area contributed by atoms with Gasteiger partial charge in [0.1, 0.15) is 0 Å². The minimum atomic E-state index is -0.822. The molecule has 1 amide bonds.